The molecule has 0 aliphatic heterocycles. The number of carboxylic acids is 1. The van der Waals surface area contributed by atoms with Crippen LogP contribution in [0.25, 0.3) is 0 Å². The summed E-state index contributed by atoms with van der Waals surface area (Å²) < 4.78 is 5.03. The Morgan fingerprint density at radius 3 is 2.39 bits per heavy atom. The summed E-state index contributed by atoms with van der Waals surface area (Å²) in [5, 5.41) is 11.6. The molecule has 0 bridgehead atoms. The molecular formula is C12H24N2O4. The molecule has 6 heteroatoms. The molecule has 0 radical (unpaired) electrons. The Kier molecular flexibility index (Phi) is 8.11. The van der Waals surface area contributed by atoms with Crippen LogP contribution in [0.4, 0.5) is 4.79 Å². The van der Waals surface area contributed by atoms with E-state index in [0.717, 1.165) is 12.8 Å². The first-order chi connectivity index (χ1) is 8.42. The van der Waals surface area contributed by atoms with Gasteiger partial charge >= 0.3 is 12.0 Å². The van der Waals surface area contributed by atoms with Crippen molar-refractivity contribution in [1.82, 2.24) is 10.2 Å². The third kappa shape index (κ3) is 6.44. The normalized spacial score (nSPS) is 12.3. The SMILES string of the molecule is CCCC(COC)NC(=O)N(CC(=O)O)C(C)C. The maximum absolute atomic E-state index is 12.0. The van der Waals surface area contributed by atoms with Gasteiger partial charge in [-0.25, -0.2) is 4.79 Å². The molecule has 1 atom stereocenters. The number of ether oxygens (including phenoxy) is 1. The first-order valence-electron chi connectivity index (χ1n) is 6.20. The molecule has 0 spiro atoms. The summed E-state index contributed by atoms with van der Waals surface area (Å²) in [6.07, 6.45) is 1.73. The van der Waals surface area contributed by atoms with Crippen LogP contribution in [0.5, 0.6) is 0 Å². The molecule has 0 aliphatic carbocycles. The maximum Gasteiger partial charge on any atom is 0.323 e. The van der Waals surface area contributed by atoms with Gasteiger partial charge in [-0.1, -0.05) is 13.3 Å². The number of rotatable bonds is 8. The molecule has 2 N–H and O–H groups in total. The van der Waals surface area contributed by atoms with E-state index >= 15 is 0 Å². The van der Waals surface area contributed by atoms with Gasteiger partial charge in [-0.2, -0.15) is 0 Å². The van der Waals surface area contributed by atoms with Crippen LogP contribution in [0.2, 0.25) is 0 Å². The lowest BCUT2D eigenvalue weighted by molar-refractivity contribution is -0.138. The fourth-order valence-corrected chi connectivity index (χ4v) is 1.64. The molecule has 1 unspecified atom stereocenters. The van der Waals surface area contributed by atoms with Crippen molar-refractivity contribution >= 4 is 12.0 Å². The predicted octanol–water partition coefficient (Wildman–Crippen LogP) is 1.31. The van der Waals surface area contributed by atoms with Gasteiger partial charge in [-0.05, 0) is 20.3 Å². The highest BCUT2D eigenvalue weighted by atomic mass is 16.5. The number of nitrogens with one attached hydrogen (secondary N) is 1. The Morgan fingerprint density at radius 2 is 2.00 bits per heavy atom. The summed E-state index contributed by atoms with van der Waals surface area (Å²) in [5.74, 6) is -1.02. The van der Waals surface area contributed by atoms with Crippen LogP contribution >= 0.6 is 0 Å². The highest BCUT2D eigenvalue weighted by Crippen LogP contribution is 2.02. The van der Waals surface area contributed by atoms with Crippen LogP contribution in [0.1, 0.15) is 33.6 Å². The second-order valence-corrected chi connectivity index (χ2v) is 4.51. The monoisotopic (exact) mass is 260 g/mol. The largest absolute Gasteiger partial charge is 0.480 e. The molecule has 0 rings (SSSR count). The van der Waals surface area contributed by atoms with Crippen molar-refractivity contribution in [1.29, 1.82) is 0 Å². The predicted molar refractivity (Wildman–Crippen MR) is 68.6 cm³/mol. The van der Waals surface area contributed by atoms with Gasteiger partial charge in [0.1, 0.15) is 6.54 Å². The number of hydrogen-bond acceptors (Lipinski definition) is 3. The van der Waals surface area contributed by atoms with E-state index in [9.17, 15) is 9.59 Å². The van der Waals surface area contributed by atoms with Crippen molar-refractivity contribution in [3.63, 3.8) is 0 Å². The molecule has 0 fully saturated rings. The molecule has 0 aromatic rings. The number of nitrogens with zero attached hydrogens (tertiary/aromatic N) is 1. The average molecular weight is 260 g/mol. The van der Waals surface area contributed by atoms with Gasteiger partial charge in [-0.3, -0.25) is 4.79 Å². The van der Waals surface area contributed by atoms with Gasteiger partial charge in [0.15, 0.2) is 0 Å². The molecule has 0 heterocycles. The Hall–Kier alpha value is -1.30. The Bertz CT molecular complexity index is 263. The number of hydrogen-bond donors (Lipinski definition) is 2. The van der Waals surface area contributed by atoms with Crippen molar-refractivity contribution in [2.75, 3.05) is 20.3 Å². The van der Waals surface area contributed by atoms with E-state index in [-0.39, 0.29) is 24.7 Å². The zero-order valence-corrected chi connectivity index (χ0v) is 11.6. The molecule has 0 aromatic carbocycles. The minimum atomic E-state index is -1.02. The standard InChI is InChI=1S/C12H24N2O4/c1-5-6-10(8-18-4)13-12(17)14(9(2)3)7-11(15)16/h9-10H,5-8H2,1-4H3,(H,13,17)(H,15,16). The van der Waals surface area contributed by atoms with Gasteiger partial charge in [0.25, 0.3) is 0 Å². The van der Waals surface area contributed by atoms with E-state index in [1.54, 1.807) is 21.0 Å². The first kappa shape index (κ1) is 16.7. The van der Waals surface area contributed by atoms with Gasteiger partial charge in [0.05, 0.1) is 12.6 Å². The zero-order valence-electron chi connectivity index (χ0n) is 11.6. The first-order valence-corrected chi connectivity index (χ1v) is 6.20. The zero-order chi connectivity index (χ0) is 14.1. The number of aliphatic carboxylic acids is 1. The number of carbonyl (C=O) groups is 2. The van der Waals surface area contributed by atoms with Crippen molar-refractivity contribution in [3.8, 4) is 0 Å². The van der Waals surface area contributed by atoms with E-state index in [0.29, 0.717) is 6.61 Å². The van der Waals surface area contributed by atoms with Crippen LogP contribution in [-0.4, -0.2) is 54.4 Å². The topological polar surface area (TPSA) is 78.9 Å². The minimum absolute atomic E-state index is 0.0810. The van der Waals surface area contributed by atoms with Crippen LogP contribution in [-0.2, 0) is 9.53 Å². The highest BCUT2D eigenvalue weighted by molar-refractivity contribution is 5.80. The Morgan fingerprint density at radius 1 is 1.39 bits per heavy atom. The molecule has 0 saturated heterocycles. The Labute approximate surface area is 108 Å². The summed E-state index contributed by atoms with van der Waals surface area (Å²) in [6.45, 7) is 5.72. The minimum Gasteiger partial charge on any atom is -0.480 e. The second-order valence-electron chi connectivity index (χ2n) is 4.51. The lowest BCUT2D eigenvalue weighted by Gasteiger charge is -2.28. The summed E-state index contributed by atoms with van der Waals surface area (Å²) >= 11 is 0. The van der Waals surface area contributed by atoms with Crippen molar-refractivity contribution in [2.45, 2.75) is 45.7 Å². The van der Waals surface area contributed by atoms with E-state index in [2.05, 4.69) is 5.32 Å². The van der Waals surface area contributed by atoms with Crippen LogP contribution < -0.4 is 5.32 Å². The van der Waals surface area contributed by atoms with Gasteiger partial charge in [0.2, 0.25) is 0 Å². The molecule has 18 heavy (non-hydrogen) atoms. The Balaban J connectivity index is 4.50. The van der Waals surface area contributed by atoms with E-state index in [4.69, 9.17) is 9.84 Å². The number of carbonyl (C=O) groups excluding carboxylic acids is 1. The van der Waals surface area contributed by atoms with Crippen LogP contribution in [0.3, 0.4) is 0 Å². The summed E-state index contributed by atoms with van der Waals surface area (Å²) in [5.41, 5.74) is 0. The third-order valence-corrected chi connectivity index (χ3v) is 2.52. The second kappa shape index (κ2) is 8.74. The van der Waals surface area contributed by atoms with Gasteiger partial charge in [0, 0.05) is 13.2 Å². The van der Waals surface area contributed by atoms with E-state index in [1.165, 1.54) is 4.90 Å². The third-order valence-electron chi connectivity index (χ3n) is 2.52. The lowest BCUT2D eigenvalue weighted by atomic mass is 10.2. The average Bonchev–Trinajstić information content (AvgIpc) is 2.25. The van der Waals surface area contributed by atoms with Crippen LogP contribution in [0, 0.1) is 0 Å². The maximum atomic E-state index is 12.0. The summed E-state index contributed by atoms with van der Waals surface area (Å²) in [7, 11) is 1.58. The van der Waals surface area contributed by atoms with Gasteiger partial charge in [-0.15, -0.1) is 0 Å². The molecule has 0 aliphatic rings. The quantitative estimate of drug-likeness (QED) is 0.689. The van der Waals surface area contributed by atoms with Crippen LogP contribution in [0.15, 0.2) is 0 Å². The molecule has 2 amide bonds. The van der Waals surface area contributed by atoms with Crippen molar-refractivity contribution in [2.24, 2.45) is 0 Å². The van der Waals surface area contributed by atoms with Crippen molar-refractivity contribution < 1.29 is 19.4 Å². The summed E-state index contributed by atoms with van der Waals surface area (Å²) in [4.78, 5) is 24.0. The number of methoxy groups -OCH3 is 1. The number of amides is 2. The molecule has 0 saturated carbocycles. The number of urea groups is 1. The number of carboxylic acid groups (broad SMARTS) is 1. The molecule has 6 nitrogen and oxygen atoms in total. The fourth-order valence-electron chi connectivity index (χ4n) is 1.64. The van der Waals surface area contributed by atoms with E-state index < -0.39 is 5.97 Å². The lowest BCUT2D eigenvalue weighted by Crippen LogP contribution is -2.50. The smallest absolute Gasteiger partial charge is 0.323 e. The highest BCUT2D eigenvalue weighted by Gasteiger charge is 2.22. The van der Waals surface area contributed by atoms with Gasteiger partial charge < -0.3 is 20.1 Å². The molecule has 0 aromatic heterocycles. The van der Waals surface area contributed by atoms with Crippen molar-refractivity contribution in [3.05, 3.63) is 0 Å². The van der Waals surface area contributed by atoms with E-state index in [1.807, 2.05) is 6.92 Å². The summed E-state index contributed by atoms with van der Waals surface area (Å²) in [6, 6.07) is -0.601. The fraction of sp³-hybridized carbons (Fsp3) is 0.833. The molecular weight excluding hydrogens is 236 g/mol. The molecule has 106 valence electrons.